The molecule has 0 nitrogen and oxygen atoms in total. The molecule has 0 amide bonds. The minimum absolute atomic E-state index is 1.26. The molecule has 0 N–H and O–H groups in total. The van der Waals surface area contributed by atoms with Crippen molar-refractivity contribution in [1.82, 2.24) is 0 Å². The predicted molar refractivity (Wildman–Crippen MR) is 171 cm³/mol. The second-order valence-electron chi connectivity index (χ2n) is 10.8. The number of thioether (sulfide) groups is 1. The first kappa shape index (κ1) is 32.0. The first-order valence-electron chi connectivity index (χ1n) is 15.5. The zero-order valence-corrected chi connectivity index (χ0v) is 26.5. The highest BCUT2D eigenvalue weighted by Gasteiger charge is 2.13. The van der Waals surface area contributed by atoms with E-state index in [0.29, 0.717) is 0 Å². The summed E-state index contributed by atoms with van der Waals surface area (Å²) in [5.41, 5.74) is 3.18. The van der Waals surface area contributed by atoms with E-state index in [0.717, 1.165) is 0 Å². The number of unbranched alkanes of at least 4 members (excludes halogenated alkanes) is 18. The highest BCUT2D eigenvalue weighted by atomic mass is 32.2. The van der Waals surface area contributed by atoms with Crippen LogP contribution in [0.2, 0.25) is 0 Å². The molecule has 0 saturated heterocycles. The van der Waals surface area contributed by atoms with E-state index in [-0.39, 0.29) is 0 Å². The summed E-state index contributed by atoms with van der Waals surface area (Å²) in [4.78, 5) is 3.08. The quantitative estimate of drug-likeness (QED) is 0.0928. The number of hydrogen-bond acceptors (Lipinski definition) is 3. The standard InChI is InChI=1S/C33H56S3/c1-4-6-8-10-12-14-16-18-20-22-24-29-26-31(35-28-29)33-30(27-32(34-3)36-33)25-23-21-19-17-15-13-11-9-7-5-2/h26-28H,4-25H2,1-3H3. The topological polar surface area (TPSA) is 0 Å². The molecule has 2 heterocycles. The van der Waals surface area contributed by atoms with E-state index >= 15 is 0 Å². The Balaban J connectivity index is 1.65. The Kier molecular flexibility index (Phi) is 19.2. The summed E-state index contributed by atoms with van der Waals surface area (Å²) >= 11 is 5.92. The van der Waals surface area contributed by atoms with E-state index in [1.165, 1.54) is 150 Å². The van der Waals surface area contributed by atoms with E-state index in [1.807, 2.05) is 34.4 Å². The maximum atomic E-state index is 2.51. The smallest absolute Gasteiger partial charge is 0.0605 e. The molecule has 0 bridgehead atoms. The molecule has 0 radical (unpaired) electrons. The Hall–Kier alpha value is -0.250. The molecule has 206 valence electrons. The number of hydrogen-bond donors (Lipinski definition) is 0. The predicted octanol–water partition coefficient (Wildman–Crippen LogP) is 13.1. The Bertz CT molecular complexity index is 757. The summed E-state index contributed by atoms with van der Waals surface area (Å²) in [6, 6.07) is 5.00. The zero-order chi connectivity index (χ0) is 25.7. The zero-order valence-electron chi connectivity index (χ0n) is 24.0. The Morgan fingerprint density at radius 3 is 1.56 bits per heavy atom. The molecule has 0 aliphatic heterocycles. The van der Waals surface area contributed by atoms with Crippen LogP contribution in [-0.2, 0) is 12.8 Å². The highest BCUT2D eigenvalue weighted by Crippen LogP contribution is 2.40. The largest absolute Gasteiger partial charge is 0.143 e. The molecule has 0 atom stereocenters. The van der Waals surface area contributed by atoms with E-state index in [1.54, 1.807) is 16.0 Å². The lowest BCUT2D eigenvalue weighted by Gasteiger charge is -2.04. The summed E-state index contributed by atoms with van der Waals surface area (Å²) in [6.07, 6.45) is 33.1. The first-order chi connectivity index (χ1) is 17.8. The Morgan fingerprint density at radius 1 is 0.583 bits per heavy atom. The second kappa shape index (κ2) is 21.7. The van der Waals surface area contributed by atoms with Gasteiger partial charge in [-0.15, -0.1) is 34.4 Å². The van der Waals surface area contributed by atoms with Crippen LogP contribution in [0.4, 0.5) is 0 Å². The lowest BCUT2D eigenvalue weighted by atomic mass is 10.0. The van der Waals surface area contributed by atoms with Crippen molar-refractivity contribution in [1.29, 1.82) is 0 Å². The Labute approximate surface area is 237 Å². The van der Waals surface area contributed by atoms with Gasteiger partial charge in [-0.2, -0.15) is 0 Å². The molecule has 36 heavy (non-hydrogen) atoms. The fourth-order valence-electron chi connectivity index (χ4n) is 5.14. The molecule has 0 fully saturated rings. The summed E-state index contributed by atoms with van der Waals surface area (Å²) in [5, 5.41) is 2.44. The summed E-state index contributed by atoms with van der Waals surface area (Å²) in [7, 11) is 0. The molecular weight excluding hydrogens is 493 g/mol. The number of thiophene rings is 2. The molecule has 0 aromatic carbocycles. The summed E-state index contributed by atoms with van der Waals surface area (Å²) in [5.74, 6) is 0. The van der Waals surface area contributed by atoms with E-state index in [2.05, 4.69) is 37.6 Å². The molecule has 0 spiro atoms. The molecule has 2 aromatic heterocycles. The van der Waals surface area contributed by atoms with Crippen molar-refractivity contribution in [2.75, 3.05) is 6.26 Å². The lowest BCUT2D eigenvalue weighted by Crippen LogP contribution is -1.87. The third-order valence-corrected chi connectivity index (χ3v) is 10.9. The van der Waals surface area contributed by atoms with Crippen LogP contribution >= 0.6 is 34.4 Å². The number of aryl methyl sites for hydroxylation is 2. The van der Waals surface area contributed by atoms with E-state index in [9.17, 15) is 0 Å². The monoisotopic (exact) mass is 548 g/mol. The van der Waals surface area contributed by atoms with Crippen molar-refractivity contribution < 1.29 is 0 Å². The van der Waals surface area contributed by atoms with Gasteiger partial charge < -0.3 is 0 Å². The van der Waals surface area contributed by atoms with Crippen LogP contribution in [0.1, 0.15) is 153 Å². The van der Waals surface area contributed by atoms with Gasteiger partial charge in [0.1, 0.15) is 0 Å². The molecule has 0 aliphatic rings. The molecule has 0 saturated carbocycles. The van der Waals surface area contributed by atoms with Crippen LogP contribution < -0.4 is 0 Å². The molecule has 0 unspecified atom stereocenters. The lowest BCUT2D eigenvalue weighted by molar-refractivity contribution is 0.556. The molecule has 2 aromatic rings. The van der Waals surface area contributed by atoms with Gasteiger partial charge in [0.2, 0.25) is 0 Å². The van der Waals surface area contributed by atoms with Crippen molar-refractivity contribution in [2.24, 2.45) is 0 Å². The van der Waals surface area contributed by atoms with Crippen LogP contribution in [0.5, 0.6) is 0 Å². The van der Waals surface area contributed by atoms with Crippen molar-refractivity contribution >= 4 is 34.4 Å². The minimum Gasteiger partial charge on any atom is -0.143 e. The van der Waals surface area contributed by atoms with Gasteiger partial charge in [-0.3, -0.25) is 0 Å². The average molecular weight is 549 g/mol. The van der Waals surface area contributed by atoms with Gasteiger partial charge in [0.05, 0.1) is 4.21 Å². The van der Waals surface area contributed by atoms with Gasteiger partial charge in [0.15, 0.2) is 0 Å². The average Bonchev–Trinajstić information content (AvgIpc) is 3.53. The van der Waals surface area contributed by atoms with E-state index in [4.69, 9.17) is 0 Å². The fraction of sp³-hybridized carbons (Fsp3) is 0.758. The maximum Gasteiger partial charge on any atom is 0.0605 e. The van der Waals surface area contributed by atoms with Gasteiger partial charge in [-0.1, -0.05) is 129 Å². The van der Waals surface area contributed by atoms with Gasteiger partial charge in [-0.25, -0.2) is 0 Å². The van der Waals surface area contributed by atoms with Crippen molar-refractivity contribution in [2.45, 2.75) is 159 Å². The van der Waals surface area contributed by atoms with Crippen molar-refractivity contribution in [3.05, 3.63) is 28.6 Å². The SMILES string of the molecule is CCCCCCCCCCCCc1csc(-c2sc(SC)cc2CCCCCCCCCCCC)c1. The third-order valence-electron chi connectivity index (χ3n) is 7.48. The second-order valence-corrected chi connectivity index (χ2v) is 13.9. The van der Waals surface area contributed by atoms with Crippen molar-refractivity contribution in [3.63, 3.8) is 0 Å². The maximum absolute atomic E-state index is 2.51. The summed E-state index contributed by atoms with van der Waals surface area (Å²) < 4.78 is 1.48. The van der Waals surface area contributed by atoms with Gasteiger partial charge >= 0.3 is 0 Å². The normalized spacial score (nSPS) is 11.5. The van der Waals surface area contributed by atoms with Gasteiger partial charge in [-0.05, 0) is 60.6 Å². The minimum atomic E-state index is 1.26. The molecule has 0 aliphatic carbocycles. The van der Waals surface area contributed by atoms with Gasteiger partial charge in [0, 0.05) is 9.75 Å². The summed E-state index contributed by atoms with van der Waals surface area (Å²) in [6.45, 7) is 4.61. The van der Waals surface area contributed by atoms with Crippen LogP contribution in [0.3, 0.4) is 0 Å². The van der Waals surface area contributed by atoms with Gasteiger partial charge in [0.25, 0.3) is 0 Å². The fourth-order valence-corrected chi connectivity index (χ4v) is 8.03. The van der Waals surface area contributed by atoms with Crippen LogP contribution in [0.15, 0.2) is 21.7 Å². The number of rotatable bonds is 24. The van der Waals surface area contributed by atoms with Crippen molar-refractivity contribution in [3.8, 4) is 9.75 Å². The molecular formula is C33H56S3. The molecule has 3 heteroatoms. The van der Waals surface area contributed by atoms with E-state index < -0.39 is 0 Å². The Morgan fingerprint density at radius 2 is 1.06 bits per heavy atom. The van der Waals surface area contributed by atoms with Crippen LogP contribution in [0, 0.1) is 0 Å². The first-order valence-corrected chi connectivity index (χ1v) is 18.4. The van der Waals surface area contributed by atoms with Crippen LogP contribution in [0.25, 0.3) is 9.75 Å². The molecule has 2 rings (SSSR count). The third kappa shape index (κ3) is 14.1. The highest BCUT2D eigenvalue weighted by molar-refractivity contribution is 8.00. The van der Waals surface area contributed by atoms with Crippen LogP contribution in [-0.4, -0.2) is 6.26 Å².